The molecule has 0 fully saturated rings. The molecule has 0 spiro atoms. The number of aryl methyl sites for hydroxylation is 1. The molecule has 4 aromatic rings. The van der Waals surface area contributed by atoms with Crippen LogP contribution in [-0.2, 0) is 24.3 Å². The smallest absolute Gasteiger partial charge is 0.230 e. The van der Waals surface area contributed by atoms with Crippen LogP contribution in [0.15, 0.2) is 87.0 Å². The summed E-state index contributed by atoms with van der Waals surface area (Å²) in [6.07, 6.45) is 2.44. The van der Waals surface area contributed by atoms with Crippen molar-refractivity contribution in [3.05, 3.63) is 88.8 Å². The van der Waals surface area contributed by atoms with E-state index in [0.29, 0.717) is 6.54 Å². The van der Waals surface area contributed by atoms with E-state index in [-0.39, 0.29) is 11.7 Å². The molecule has 2 aromatic heterocycles. The lowest BCUT2D eigenvalue weighted by molar-refractivity contribution is -0.118. The summed E-state index contributed by atoms with van der Waals surface area (Å²) in [6, 6.07) is 21.9. The van der Waals surface area contributed by atoms with Crippen molar-refractivity contribution in [3.8, 4) is 11.4 Å². The van der Waals surface area contributed by atoms with Gasteiger partial charge in [-0.15, -0.1) is 10.2 Å². The van der Waals surface area contributed by atoms with Gasteiger partial charge in [-0.3, -0.25) is 4.79 Å². The van der Waals surface area contributed by atoms with Gasteiger partial charge in [0.05, 0.1) is 18.6 Å². The van der Waals surface area contributed by atoms with E-state index in [0.717, 1.165) is 39.7 Å². The van der Waals surface area contributed by atoms with E-state index < -0.39 is 0 Å². The normalized spacial score (nSPS) is 10.9. The third-order valence-electron chi connectivity index (χ3n) is 4.66. The van der Waals surface area contributed by atoms with E-state index in [1.54, 1.807) is 12.3 Å². The predicted molar refractivity (Wildman–Crippen MR) is 125 cm³/mol. The molecule has 0 radical (unpaired) electrons. The number of hydrogen-bond acceptors (Lipinski definition) is 5. The highest BCUT2D eigenvalue weighted by Gasteiger charge is 2.16. The summed E-state index contributed by atoms with van der Waals surface area (Å²) in [7, 11) is 0. The number of furan rings is 1. The maximum atomic E-state index is 12.3. The zero-order valence-electron chi connectivity index (χ0n) is 16.7. The molecule has 6 nitrogen and oxygen atoms in total. The van der Waals surface area contributed by atoms with E-state index >= 15 is 0 Å². The largest absolute Gasteiger partial charge is 0.467 e. The molecule has 1 amide bonds. The molecule has 2 heterocycles. The van der Waals surface area contributed by atoms with Gasteiger partial charge in [-0.05, 0) is 36.2 Å². The highest BCUT2D eigenvalue weighted by atomic mass is 79.9. The van der Waals surface area contributed by atoms with E-state index in [2.05, 4.69) is 48.1 Å². The molecule has 0 aliphatic rings. The molecule has 8 heteroatoms. The van der Waals surface area contributed by atoms with Crippen molar-refractivity contribution in [3.63, 3.8) is 0 Å². The maximum absolute atomic E-state index is 12.3. The summed E-state index contributed by atoms with van der Waals surface area (Å²) >= 11 is 4.86. The summed E-state index contributed by atoms with van der Waals surface area (Å²) in [5.41, 5.74) is 2.22. The average Bonchev–Trinajstić information content (AvgIpc) is 3.46. The number of amides is 1. The number of nitrogens with zero attached hydrogens (tertiary/aromatic N) is 3. The Kier molecular flexibility index (Phi) is 7.22. The first kappa shape index (κ1) is 21.4. The van der Waals surface area contributed by atoms with Crippen molar-refractivity contribution in [1.29, 1.82) is 0 Å². The molecule has 0 aliphatic heterocycles. The lowest BCUT2D eigenvalue weighted by atomic mass is 10.1. The standard InChI is InChI=1S/C23H21BrN4O2S/c24-19-10-8-18(9-11-19)22-26-27-23(28(22)13-12-17-5-2-1-3-6-17)31-16-21(29)25-15-20-7-4-14-30-20/h1-11,14H,12-13,15-16H2,(H,25,29). The van der Waals surface area contributed by atoms with Crippen LogP contribution in [0.3, 0.4) is 0 Å². The highest BCUT2D eigenvalue weighted by molar-refractivity contribution is 9.10. The maximum Gasteiger partial charge on any atom is 0.230 e. The minimum Gasteiger partial charge on any atom is -0.467 e. The minimum absolute atomic E-state index is 0.0794. The minimum atomic E-state index is -0.0794. The Hall–Kier alpha value is -2.84. The fraction of sp³-hybridized carbons (Fsp3) is 0.174. The third-order valence-corrected chi connectivity index (χ3v) is 6.15. The van der Waals surface area contributed by atoms with Crippen LogP contribution in [0.2, 0.25) is 0 Å². The fourth-order valence-corrected chi connectivity index (χ4v) is 4.13. The van der Waals surface area contributed by atoms with Gasteiger partial charge >= 0.3 is 0 Å². The van der Waals surface area contributed by atoms with Crippen LogP contribution in [0.5, 0.6) is 0 Å². The van der Waals surface area contributed by atoms with Crippen LogP contribution < -0.4 is 5.32 Å². The van der Waals surface area contributed by atoms with E-state index in [1.807, 2.05) is 48.5 Å². The summed E-state index contributed by atoms with van der Waals surface area (Å²) in [5, 5.41) is 12.4. The Morgan fingerprint density at radius 2 is 1.84 bits per heavy atom. The van der Waals surface area contributed by atoms with Gasteiger partial charge in [0, 0.05) is 16.6 Å². The van der Waals surface area contributed by atoms with Crippen molar-refractivity contribution < 1.29 is 9.21 Å². The number of halogens is 1. The molecule has 1 N–H and O–H groups in total. The molecular formula is C23H21BrN4O2S. The number of carbonyl (C=O) groups is 1. The molecule has 0 unspecified atom stereocenters. The average molecular weight is 497 g/mol. The van der Waals surface area contributed by atoms with Crippen LogP contribution in [0.25, 0.3) is 11.4 Å². The lowest BCUT2D eigenvalue weighted by Crippen LogP contribution is -2.24. The van der Waals surface area contributed by atoms with Crippen LogP contribution in [0, 0.1) is 0 Å². The van der Waals surface area contributed by atoms with Crippen LogP contribution >= 0.6 is 27.7 Å². The Morgan fingerprint density at radius 3 is 2.58 bits per heavy atom. The first-order valence-electron chi connectivity index (χ1n) is 9.84. The molecule has 0 saturated carbocycles. The van der Waals surface area contributed by atoms with Crippen LogP contribution in [0.1, 0.15) is 11.3 Å². The van der Waals surface area contributed by atoms with Gasteiger partial charge < -0.3 is 14.3 Å². The number of carbonyl (C=O) groups excluding carboxylic acids is 1. The van der Waals surface area contributed by atoms with Crippen molar-refractivity contribution in [2.45, 2.75) is 24.7 Å². The molecular weight excluding hydrogens is 476 g/mol. The van der Waals surface area contributed by atoms with Crippen molar-refractivity contribution in [1.82, 2.24) is 20.1 Å². The highest BCUT2D eigenvalue weighted by Crippen LogP contribution is 2.25. The first-order valence-corrected chi connectivity index (χ1v) is 11.6. The summed E-state index contributed by atoms with van der Waals surface area (Å²) in [4.78, 5) is 12.3. The van der Waals surface area contributed by atoms with Gasteiger partial charge in [0.2, 0.25) is 5.91 Å². The number of benzene rings is 2. The third kappa shape index (κ3) is 5.86. The number of rotatable bonds is 9. The molecule has 31 heavy (non-hydrogen) atoms. The molecule has 158 valence electrons. The van der Waals surface area contributed by atoms with Gasteiger partial charge in [-0.1, -0.05) is 70.2 Å². The molecule has 0 aliphatic carbocycles. The first-order chi connectivity index (χ1) is 15.2. The Balaban J connectivity index is 1.47. The molecule has 0 saturated heterocycles. The topological polar surface area (TPSA) is 73.0 Å². The Bertz CT molecular complexity index is 1110. The second-order valence-corrected chi connectivity index (χ2v) is 8.70. The zero-order chi connectivity index (χ0) is 21.5. The Labute approximate surface area is 193 Å². The second kappa shape index (κ2) is 10.5. The van der Waals surface area contributed by atoms with Crippen molar-refractivity contribution in [2.24, 2.45) is 0 Å². The molecule has 0 atom stereocenters. The van der Waals surface area contributed by atoms with Gasteiger partial charge in [0.1, 0.15) is 5.76 Å². The SMILES string of the molecule is O=C(CSc1nnc(-c2ccc(Br)cc2)n1CCc1ccccc1)NCc1ccco1. The van der Waals surface area contributed by atoms with Gasteiger partial charge in [-0.2, -0.15) is 0 Å². The number of hydrogen-bond donors (Lipinski definition) is 1. The van der Waals surface area contributed by atoms with Crippen LogP contribution in [0.4, 0.5) is 0 Å². The van der Waals surface area contributed by atoms with Gasteiger partial charge in [0.25, 0.3) is 0 Å². The van der Waals surface area contributed by atoms with E-state index in [9.17, 15) is 4.79 Å². The quantitative estimate of drug-likeness (QED) is 0.331. The molecule has 0 bridgehead atoms. The zero-order valence-corrected chi connectivity index (χ0v) is 19.1. The van der Waals surface area contributed by atoms with Crippen LogP contribution in [-0.4, -0.2) is 26.4 Å². The fourth-order valence-electron chi connectivity index (χ4n) is 3.08. The summed E-state index contributed by atoms with van der Waals surface area (Å²) in [5.74, 6) is 1.69. The summed E-state index contributed by atoms with van der Waals surface area (Å²) < 4.78 is 8.34. The van der Waals surface area contributed by atoms with Crippen molar-refractivity contribution >= 4 is 33.6 Å². The van der Waals surface area contributed by atoms with E-state index in [4.69, 9.17) is 4.42 Å². The van der Waals surface area contributed by atoms with Crippen molar-refractivity contribution in [2.75, 3.05) is 5.75 Å². The summed E-state index contributed by atoms with van der Waals surface area (Å²) in [6.45, 7) is 1.09. The second-order valence-electron chi connectivity index (χ2n) is 6.85. The molecule has 2 aromatic carbocycles. The predicted octanol–water partition coefficient (Wildman–Crippen LogP) is 4.95. The lowest BCUT2D eigenvalue weighted by Gasteiger charge is -2.11. The number of aromatic nitrogens is 3. The molecule has 4 rings (SSSR count). The number of thioether (sulfide) groups is 1. The van der Waals surface area contributed by atoms with Gasteiger partial charge in [-0.25, -0.2) is 0 Å². The monoisotopic (exact) mass is 496 g/mol. The van der Waals surface area contributed by atoms with Gasteiger partial charge in [0.15, 0.2) is 11.0 Å². The Morgan fingerprint density at radius 1 is 1.03 bits per heavy atom. The number of nitrogens with one attached hydrogen (secondary N) is 1. The van der Waals surface area contributed by atoms with E-state index in [1.165, 1.54) is 17.3 Å².